The van der Waals surface area contributed by atoms with E-state index in [1.54, 1.807) is 35.2 Å². The van der Waals surface area contributed by atoms with Crippen LogP contribution in [-0.4, -0.2) is 34.8 Å². The van der Waals surface area contributed by atoms with E-state index in [2.05, 4.69) is 10.5 Å². The molecule has 154 valence electrons. The molecule has 0 fully saturated rings. The Labute approximate surface area is 175 Å². The zero-order valence-corrected chi connectivity index (χ0v) is 17.5. The van der Waals surface area contributed by atoms with Gasteiger partial charge in [-0.25, -0.2) is 9.18 Å². The molecule has 5 nitrogen and oxygen atoms in total. The number of carbonyl (C=O) groups excluding carboxylic acids is 1. The molecule has 7 heteroatoms. The standard InChI is InChI=1S/C22H25ClFN3O2/c1-22(2,3)25-21(28)27(13-16-6-4-5-7-19(16)24)14-18-12-20(26-29-18)15-8-10-17(23)11-9-15/h4-11,18H,12-14H2,1-3H3,(H,25,28)/t18-/m0/s1. The molecule has 0 unspecified atom stereocenters. The third-order valence-corrected chi connectivity index (χ3v) is 4.67. The van der Waals surface area contributed by atoms with E-state index in [0.717, 1.165) is 11.3 Å². The van der Waals surface area contributed by atoms with Crippen molar-refractivity contribution < 1.29 is 14.0 Å². The van der Waals surface area contributed by atoms with E-state index < -0.39 is 5.54 Å². The molecule has 2 amide bonds. The summed E-state index contributed by atoms with van der Waals surface area (Å²) in [7, 11) is 0. The molecule has 0 radical (unpaired) electrons. The fourth-order valence-corrected chi connectivity index (χ4v) is 3.16. The summed E-state index contributed by atoms with van der Waals surface area (Å²) in [6, 6.07) is 13.6. The highest BCUT2D eigenvalue weighted by molar-refractivity contribution is 6.30. The van der Waals surface area contributed by atoms with Crippen LogP contribution in [0.15, 0.2) is 53.7 Å². The van der Waals surface area contributed by atoms with Crippen LogP contribution in [0.25, 0.3) is 0 Å². The van der Waals surface area contributed by atoms with Crippen LogP contribution in [0.5, 0.6) is 0 Å². The van der Waals surface area contributed by atoms with E-state index in [0.29, 0.717) is 17.0 Å². The molecule has 0 saturated carbocycles. The average Bonchev–Trinajstić information content (AvgIpc) is 3.10. The highest BCUT2D eigenvalue weighted by atomic mass is 35.5. The topological polar surface area (TPSA) is 53.9 Å². The Morgan fingerprint density at radius 3 is 2.59 bits per heavy atom. The van der Waals surface area contributed by atoms with Crippen molar-refractivity contribution in [3.8, 4) is 0 Å². The first-order valence-electron chi connectivity index (χ1n) is 9.50. The van der Waals surface area contributed by atoms with E-state index in [-0.39, 0.29) is 31.0 Å². The highest BCUT2D eigenvalue weighted by Gasteiger charge is 2.28. The fraction of sp³-hybridized carbons (Fsp3) is 0.364. The largest absolute Gasteiger partial charge is 0.390 e. The Kier molecular flexibility index (Phi) is 6.42. The predicted octanol–water partition coefficient (Wildman–Crippen LogP) is 4.98. The SMILES string of the molecule is CC(C)(C)NC(=O)N(Cc1ccccc1F)C[C@@H]1CC(c2ccc(Cl)cc2)=NO1. The molecule has 3 rings (SSSR count). The summed E-state index contributed by atoms with van der Waals surface area (Å²) in [6.07, 6.45) is 0.247. The summed E-state index contributed by atoms with van der Waals surface area (Å²) >= 11 is 5.94. The molecule has 0 bridgehead atoms. The Bertz CT molecular complexity index is 894. The summed E-state index contributed by atoms with van der Waals surface area (Å²) in [5.74, 6) is -0.341. The summed E-state index contributed by atoms with van der Waals surface area (Å²) in [5.41, 5.74) is 1.77. The molecule has 1 atom stereocenters. The molecule has 2 aromatic carbocycles. The minimum Gasteiger partial charge on any atom is -0.390 e. The fourth-order valence-electron chi connectivity index (χ4n) is 3.04. The number of urea groups is 1. The van der Waals surface area contributed by atoms with Gasteiger partial charge in [0, 0.05) is 22.5 Å². The molecule has 29 heavy (non-hydrogen) atoms. The van der Waals surface area contributed by atoms with Gasteiger partial charge in [-0.1, -0.05) is 47.1 Å². The summed E-state index contributed by atoms with van der Waals surface area (Å²) < 4.78 is 14.2. The molecule has 1 aliphatic rings. The predicted molar refractivity (Wildman–Crippen MR) is 113 cm³/mol. The van der Waals surface area contributed by atoms with Gasteiger partial charge < -0.3 is 15.1 Å². The van der Waals surface area contributed by atoms with Gasteiger partial charge in [-0.15, -0.1) is 0 Å². The lowest BCUT2D eigenvalue weighted by Crippen LogP contribution is -2.50. The number of amides is 2. The van der Waals surface area contributed by atoms with Crippen molar-refractivity contribution in [2.75, 3.05) is 6.54 Å². The second kappa shape index (κ2) is 8.82. The lowest BCUT2D eigenvalue weighted by Gasteiger charge is -2.29. The van der Waals surface area contributed by atoms with Crippen molar-refractivity contribution in [1.82, 2.24) is 10.2 Å². The van der Waals surface area contributed by atoms with E-state index in [1.807, 2.05) is 32.9 Å². The number of carbonyl (C=O) groups is 1. The number of nitrogens with one attached hydrogen (secondary N) is 1. The number of hydrogen-bond donors (Lipinski definition) is 1. The summed E-state index contributed by atoms with van der Waals surface area (Å²) in [5, 5.41) is 7.76. The monoisotopic (exact) mass is 417 g/mol. The van der Waals surface area contributed by atoms with Crippen molar-refractivity contribution >= 4 is 23.3 Å². The van der Waals surface area contributed by atoms with Gasteiger partial charge in [0.05, 0.1) is 18.8 Å². The van der Waals surface area contributed by atoms with Gasteiger partial charge in [-0.05, 0) is 44.5 Å². The average molecular weight is 418 g/mol. The van der Waals surface area contributed by atoms with Gasteiger partial charge in [0.1, 0.15) is 5.82 Å². The number of nitrogens with zero attached hydrogens (tertiary/aromatic N) is 2. The Balaban J connectivity index is 1.71. The molecule has 1 heterocycles. The van der Waals surface area contributed by atoms with Crippen molar-refractivity contribution in [3.63, 3.8) is 0 Å². The van der Waals surface area contributed by atoms with Gasteiger partial charge in [0.25, 0.3) is 0 Å². The van der Waals surface area contributed by atoms with Crippen LogP contribution in [0.1, 0.15) is 38.3 Å². The third-order valence-electron chi connectivity index (χ3n) is 4.42. The van der Waals surface area contributed by atoms with Gasteiger partial charge in [-0.2, -0.15) is 0 Å². The van der Waals surface area contributed by atoms with E-state index in [4.69, 9.17) is 16.4 Å². The van der Waals surface area contributed by atoms with Crippen molar-refractivity contribution in [3.05, 3.63) is 70.5 Å². The maximum Gasteiger partial charge on any atom is 0.318 e. The number of oxime groups is 1. The van der Waals surface area contributed by atoms with Crippen LogP contribution in [0, 0.1) is 5.82 Å². The molecule has 0 aliphatic carbocycles. The zero-order chi connectivity index (χ0) is 21.0. The molecule has 0 saturated heterocycles. The number of halogens is 2. The van der Waals surface area contributed by atoms with Crippen molar-refractivity contribution in [2.24, 2.45) is 5.16 Å². The Morgan fingerprint density at radius 2 is 1.93 bits per heavy atom. The summed E-state index contributed by atoms with van der Waals surface area (Å²) in [6.45, 7) is 6.14. The maximum atomic E-state index is 14.2. The Morgan fingerprint density at radius 1 is 1.24 bits per heavy atom. The van der Waals surface area contributed by atoms with Crippen LogP contribution in [0.4, 0.5) is 9.18 Å². The normalized spacial score (nSPS) is 16.2. The van der Waals surface area contributed by atoms with Gasteiger partial charge in [0.2, 0.25) is 0 Å². The molecular weight excluding hydrogens is 393 g/mol. The van der Waals surface area contributed by atoms with Crippen molar-refractivity contribution in [1.29, 1.82) is 0 Å². The maximum absolute atomic E-state index is 14.2. The van der Waals surface area contributed by atoms with Gasteiger partial charge in [-0.3, -0.25) is 0 Å². The minimum atomic E-state index is -0.411. The second-order valence-electron chi connectivity index (χ2n) is 8.13. The lowest BCUT2D eigenvalue weighted by molar-refractivity contribution is 0.0578. The molecule has 1 N–H and O–H groups in total. The van der Waals surface area contributed by atoms with Crippen LogP contribution in [-0.2, 0) is 11.4 Å². The highest BCUT2D eigenvalue weighted by Crippen LogP contribution is 2.21. The van der Waals surface area contributed by atoms with Crippen LogP contribution in [0.2, 0.25) is 5.02 Å². The number of benzene rings is 2. The second-order valence-corrected chi connectivity index (χ2v) is 8.56. The van der Waals surface area contributed by atoms with Gasteiger partial charge >= 0.3 is 6.03 Å². The van der Waals surface area contributed by atoms with Crippen LogP contribution in [0.3, 0.4) is 0 Å². The minimum absolute atomic E-state index is 0.144. The molecule has 1 aliphatic heterocycles. The third kappa shape index (κ3) is 5.94. The molecular formula is C22H25ClFN3O2. The molecule has 0 aromatic heterocycles. The lowest BCUT2D eigenvalue weighted by atomic mass is 10.0. The summed E-state index contributed by atoms with van der Waals surface area (Å²) in [4.78, 5) is 20.0. The van der Waals surface area contributed by atoms with Crippen LogP contribution >= 0.6 is 11.6 Å². The van der Waals surface area contributed by atoms with Gasteiger partial charge in [0.15, 0.2) is 6.10 Å². The van der Waals surface area contributed by atoms with E-state index in [9.17, 15) is 9.18 Å². The number of hydrogen-bond acceptors (Lipinski definition) is 3. The van der Waals surface area contributed by atoms with Crippen molar-refractivity contribution in [2.45, 2.75) is 45.4 Å². The number of rotatable bonds is 5. The van der Waals surface area contributed by atoms with E-state index >= 15 is 0 Å². The first kappa shape index (κ1) is 21.1. The van der Waals surface area contributed by atoms with E-state index in [1.165, 1.54) is 6.07 Å². The quantitative estimate of drug-likeness (QED) is 0.745. The van der Waals surface area contributed by atoms with Crippen LogP contribution < -0.4 is 5.32 Å². The Hall–Kier alpha value is -2.60. The molecule has 2 aromatic rings. The first-order chi connectivity index (χ1) is 13.7. The zero-order valence-electron chi connectivity index (χ0n) is 16.8. The molecule has 0 spiro atoms. The first-order valence-corrected chi connectivity index (χ1v) is 9.88. The smallest absolute Gasteiger partial charge is 0.318 e.